The molecular formula is C11H16N4O2. The van der Waals surface area contributed by atoms with Crippen LogP contribution >= 0.6 is 0 Å². The summed E-state index contributed by atoms with van der Waals surface area (Å²) in [5, 5.41) is 5.88. The van der Waals surface area contributed by atoms with Crippen molar-refractivity contribution in [2.45, 2.75) is 18.9 Å². The van der Waals surface area contributed by atoms with E-state index in [4.69, 9.17) is 4.74 Å². The van der Waals surface area contributed by atoms with Gasteiger partial charge in [0.2, 0.25) is 5.91 Å². The molecule has 0 saturated carbocycles. The molecule has 1 aromatic heterocycles. The molecule has 2 rings (SSSR count). The smallest absolute Gasteiger partial charge is 0.249 e. The normalized spacial score (nSPS) is 18.9. The van der Waals surface area contributed by atoms with Gasteiger partial charge in [-0.25, -0.2) is 4.98 Å². The van der Waals surface area contributed by atoms with Gasteiger partial charge in [-0.2, -0.15) is 0 Å². The summed E-state index contributed by atoms with van der Waals surface area (Å²) in [6.07, 6.45) is 6.41. The van der Waals surface area contributed by atoms with E-state index in [-0.39, 0.29) is 12.0 Å². The summed E-state index contributed by atoms with van der Waals surface area (Å²) in [7, 11) is 0. The van der Waals surface area contributed by atoms with Crippen LogP contribution in [0.1, 0.15) is 12.8 Å². The Hall–Kier alpha value is -1.69. The van der Waals surface area contributed by atoms with Crippen molar-refractivity contribution >= 4 is 11.7 Å². The van der Waals surface area contributed by atoms with E-state index in [1.165, 1.54) is 0 Å². The molecule has 0 unspecified atom stereocenters. The molecule has 0 bridgehead atoms. The van der Waals surface area contributed by atoms with Gasteiger partial charge in [-0.1, -0.05) is 0 Å². The lowest BCUT2D eigenvalue weighted by atomic mass is 10.2. The first-order chi connectivity index (χ1) is 8.36. The molecule has 1 saturated heterocycles. The highest BCUT2D eigenvalue weighted by Crippen LogP contribution is 2.11. The lowest BCUT2D eigenvalue weighted by Gasteiger charge is -2.10. The first-order valence-electron chi connectivity index (χ1n) is 5.75. The number of anilines is 1. The number of carbonyl (C=O) groups excluding carboxylic acids is 1. The number of nitrogens with one attached hydrogen (secondary N) is 2. The van der Waals surface area contributed by atoms with Crippen molar-refractivity contribution in [1.29, 1.82) is 0 Å². The second kappa shape index (κ2) is 6.15. The SMILES string of the molecule is O=C(NCCNc1cnccn1)[C@H]1CCCO1. The number of amides is 1. The summed E-state index contributed by atoms with van der Waals surface area (Å²) in [5.74, 6) is 0.683. The zero-order chi connectivity index (χ0) is 11.9. The standard InChI is InChI=1S/C11H16N4O2/c16-11(9-2-1-7-17-9)15-6-5-14-10-8-12-3-4-13-10/h3-4,8-9H,1-2,5-7H2,(H,13,14)(H,15,16)/t9-/m1/s1. The van der Waals surface area contributed by atoms with Crippen molar-refractivity contribution in [3.63, 3.8) is 0 Å². The second-order valence-corrected chi connectivity index (χ2v) is 3.81. The average Bonchev–Trinajstić information content (AvgIpc) is 2.89. The molecule has 0 spiro atoms. The van der Waals surface area contributed by atoms with Crippen LogP contribution in [0.5, 0.6) is 0 Å². The summed E-state index contributed by atoms with van der Waals surface area (Å²) >= 11 is 0. The van der Waals surface area contributed by atoms with E-state index in [1.807, 2.05) is 0 Å². The molecular weight excluding hydrogens is 220 g/mol. The van der Waals surface area contributed by atoms with Crippen LogP contribution in [0.3, 0.4) is 0 Å². The largest absolute Gasteiger partial charge is 0.368 e. The predicted octanol–water partition coefficient (Wildman–Crippen LogP) is 0.184. The molecule has 1 fully saturated rings. The topological polar surface area (TPSA) is 76.1 Å². The van der Waals surface area contributed by atoms with E-state index in [0.29, 0.717) is 25.5 Å². The lowest BCUT2D eigenvalue weighted by molar-refractivity contribution is -0.129. The van der Waals surface area contributed by atoms with Crippen LogP contribution < -0.4 is 10.6 Å². The Morgan fingerprint density at radius 1 is 1.47 bits per heavy atom. The van der Waals surface area contributed by atoms with Gasteiger partial charge in [0.1, 0.15) is 11.9 Å². The van der Waals surface area contributed by atoms with Crippen molar-refractivity contribution in [2.24, 2.45) is 0 Å². The van der Waals surface area contributed by atoms with Crippen molar-refractivity contribution in [1.82, 2.24) is 15.3 Å². The second-order valence-electron chi connectivity index (χ2n) is 3.81. The van der Waals surface area contributed by atoms with Crippen LogP contribution in [0.4, 0.5) is 5.82 Å². The van der Waals surface area contributed by atoms with E-state index in [2.05, 4.69) is 20.6 Å². The number of rotatable bonds is 5. The summed E-state index contributed by atoms with van der Waals surface area (Å²) < 4.78 is 5.28. The predicted molar refractivity (Wildman–Crippen MR) is 62.5 cm³/mol. The number of nitrogens with zero attached hydrogens (tertiary/aromatic N) is 2. The minimum Gasteiger partial charge on any atom is -0.368 e. The van der Waals surface area contributed by atoms with Gasteiger partial charge in [-0.15, -0.1) is 0 Å². The first-order valence-corrected chi connectivity index (χ1v) is 5.75. The van der Waals surface area contributed by atoms with Gasteiger partial charge in [-0.05, 0) is 12.8 Å². The molecule has 2 heterocycles. The van der Waals surface area contributed by atoms with E-state index < -0.39 is 0 Å². The fourth-order valence-corrected chi connectivity index (χ4v) is 1.66. The number of carbonyl (C=O) groups is 1. The Balaban J connectivity index is 1.61. The Bertz CT molecular complexity index is 352. The Morgan fingerprint density at radius 2 is 2.41 bits per heavy atom. The van der Waals surface area contributed by atoms with Crippen molar-refractivity contribution in [2.75, 3.05) is 25.0 Å². The maximum atomic E-state index is 11.6. The summed E-state index contributed by atoms with van der Waals surface area (Å²) in [6, 6.07) is 0. The van der Waals surface area contributed by atoms with Crippen molar-refractivity contribution in [3.8, 4) is 0 Å². The average molecular weight is 236 g/mol. The van der Waals surface area contributed by atoms with E-state index >= 15 is 0 Å². The Kier molecular flexibility index (Phi) is 4.26. The van der Waals surface area contributed by atoms with E-state index in [9.17, 15) is 4.79 Å². The monoisotopic (exact) mass is 236 g/mol. The summed E-state index contributed by atoms with van der Waals surface area (Å²) in [6.45, 7) is 1.86. The molecule has 1 aliphatic rings. The van der Waals surface area contributed by atoms with Gasteiger partial charge >= 0.3 is 0 Å². The number of aromatic nitrogens is 2. The third-order valence-electron chi connectivity index (χ3n) is 2.52. The van der Waals surface area contributed by atoms with Crippen molar-refractivity contribution < 1.29 is 9.53 Å². The molecule has 2 N–H and O–H groups in total. The van der Waals surface area contributed by atoms with Gasteiger partial charge in [0.05, 0.1) is 6.20 Å². The molecule has 0 aliphatic carbocycles. The highest BCUT2D eigenvalue weighted by atomic mass is 16.5. The van der Waals surface area contributed by atoms with Crippen LogP contribution in [0, 0.1) is 0 Å². The molecule has 0 aromatic carbocycles. The summed E-state index contributed by atoms with van der Waals surface area (Å²) in [4.78, 5) is 19.6. The molecule has 1 atom stereocenters. The van der Waals surface area contributed by atoms with Crippen LogP contribution in [0.25, 0.3) is 0 Å². The highest BCUT2D eigenvalue weighted by molar-refractivity contribution is 5.80. The number of ether oxygens (including phenoxy) is 1. The Morgan fingerprint density at radius 3 is 3.12 bits per heavy atom. The zero-order valence-electron chi connectivity index (χ0n) is 9.56. The highest BCUT2D eigenvalue weighted by Gasteiger charge is 2.22. The number of hydrogen-bond acceptors (Lipinski definition) is 5. The first kappa shape index (κ1) is 11.8. The van der Waals surface area contributed by atoms with Gasteiger partial charge < -0.3 is 15.4 Å². The molecule has 1 aromatic rings. The molecule has 17 heavy (non-hydrogen) atoms. The van der Waals surface area contributed by atoms with E-state index in [1.54, 1.807) is 18.6 Å². The van der Waals surface area contributed by atoms with Crippen LogP contribution in [0.2, 0.25) is 0 Å². The Labute approximate surface area is 99.8 Å². The molecule has 1 amide bonds. The molecule has 6 nitrogen and oxygen atoms in total. The van der Waals surface area contributed by atoms with Gasteiger partial charge in [0.15, 0.2) is 0 Å². The van der Waals surface area contributed by atoms with E-state index in [0.717, 1.165) is 12.8 Å². The maximum absolute atomic E-state index is 11.6. The maximum Gasteiger partial charge on any atom is 0.249 e. The van der Waals surface area contributed by atoms with Gasteiger partial charge in [0, 0.05) is 32.1 Å². The van der Waals surface area contributed by atoms with Crippen LogP contribution in [-0.4, -0.2) is 41.7 Å². The number of hydrogen-bond donors (Lipinski definition) is 2. The molecule has 0 radical (unpaired) electrons. The minimum atomic E-state index is -0.258. The van der Waals surface area contributed by atoms with Crippen molar-refractivity contribution in [3.05, 3.63) is 18.6 Å². The minimum absolute atomic E-state index is 0.0246. The molecule has 92 valence electrons. The third kappa shape index (κ3) is 3.67. The quantitative estimate of drug-likeness (QED) is 0.713. The molecule has 1 aliphatic heterocycles. The molecule has 6 heteroatoms. The van der Waals surface area contributed by atoms with Gasteiger partial charge in [-0.3, -0.25) is 9.78 Å². The summed E-state index contributed by atoms with van der Waals surface area (Å²) in [5.41, 5.74) is 0. The fraction of sp³-hybridized carbons (Fsp3) is 0.545. The van der Waals surface area contributed by atoms with Crippen LogP contribution in [0.15, 0.2) is 18.6 Å². The zero-order valence-corrected chi connectivity index (χ0v) is 9.56. The van der Waals surface area contributed by atoms with Crippen LogP contribution in [-0.2, 0) is 9.53 Å². The third-order valence-corrected chi connectivity index (χ3v) is 2.52. The fourth-order valence-electron chi connectivity index (χ4n) is 1.66. The lowest BCUT2D eigenvalue weighted by Crippen LogP contribution is -2.36. The van der Waals surface area contributed by atoms with Gasteiger partial charge in [0.25, 0.3) is 0 Å².